The van der Waals surface area contributed by atoms with E-state index >= 15 is 0 Å². The summed E-state index contributed by atoms with van der Waals surface area (Å²) >= 11 is 0. The molecule has 0 atom stereocenters. The number of anilines is 1. The first kappa shape index (κ1) is 19.0. The number of nitrogen functional groups attached to an aromatic ring is 1. The maximum Gasteiger partial charge on any atom is 0.270 e. The molecular formula is C19H21N7O2. The summed E-state index contributed by atoms with van der Waals surface area (Å²) in [6.07, 6.45) is 6.61. The van der Waals surface area contributed by atoms with Crippen molar-refractivity contribution in [3.05, 3.63) is 66.0 Å². The SMILES string of the molecule is CC(C)NC(=O)c1cccc(C(=O)NCc2cnn(-c3cncc(N)c3)c2)n1. The minimum Gasteiger partial charge on any atom is -0.397 e. The van der Waals surface area contributed by atoms with E-state index in [1.165, 1.54) is 0 Å². The van der Waals surface area contributed by atoms with Crippen LogP contribution in [0.15, 0.2) is 49.1 Å². The maximum absolute atomic E-state index is 12.4. The molecule has 0 saturated heterocycles. The summed E-state index contributed by atoms with van der Waals surface area (Å²) in [5.41, 5.74) is 8.16. The molecular weight excluding hydrogens is 358 g/mol. The summed E-state index contributed by atoms with van der Waals surface area (Å²) in [6.45, 7) is 3.97. The molecule has 0 radical (unpaired) electrons. The molecule has 0 saturated carbocycles. The summed E-state index contributed by atoms with van der Waals surface area (Å²) in [7, 11) is 0. The zero-order chi connectivity index (χ0) is 20.1. The molecule has 0 aliphatic heterocycles. The van der Waals surface area contributed by atoms with Crippen molar-refractivity contribution in [2.45, 2.75) is 26.4 Å². The van der Waals surface area contributed by atoms with Crippen molar-refractivity contribution in [3.63, 3.8) is 0 Å². The lowest BCUT2D eigenvalue weighted by Gasteiger charge is -2.08. The number of carbonyl (C=O) groups is 2. The Bertz CT molecular complexity index is 997. The topological polar surface area (TPSA) is 128 Å². The number of rotatable bonds is 6. The number of carbonyl (C=O) groups excluding carboxylic acids is 2. The van der Waals surface area contributed by atoms with Gasteiger partial charge in [-0.2, -0.15) is 5.10 Å². The summed E-state index contributed by atoms with van der Waals surface area (Å²) in [5, 5.41) is 9.76. The Labute approximate surface area is 162 Å². The molecule has 0 aliphatic rings. The number of nitrogens with two attached hydrogens (primary N) is 1. The van der Waals surface area contributed by atoms with Crippen molar-refractivity contribution in [2.75, 3.05) is 5.73 Å². The van der Waals surface area contributed by atoms with Crippen LogP contribution in [-0.2, 0) is 6.54 Å². The highest BCUT2D eigenvalue weighted by Crippen LogP contribution is 2.10. The Morgan fingerprint density at radius 3 is 2.61 bits per heavy atom. The molecule has 0 aliphatic carbocycles. The Morgan fingerprint density at radius 1 is 1.14 bits per heavy atom. The first-order valence-electron chi connectivity index (χ1n) is 8.73. The monoisotopic (exact) mass is 379 g/mol. The quantitative estimate of drug-likeness (QED) is 0.592. The number of nitrogens with zero attached hydrogens (tertiary/aromatic N) is 4. The molecule has 2 amide bonds. The van der Waals surface area contributed by atoms with Crippen LogP contribution in [0.2, 0.25) is 0 Å². The molecule has 0 fully saturated rings. The van der Waals surface area contributed by atoms with E-state index in [-0.39, 0.29) is 35.8 Å². The lowest BCUT2D eigenvalue weighted by atomic mass is 10.2. The number of amides is 2. The number of aromatic nitrogens is 4. The van der Waals surface area contributed by atoms with Crippen molar-refractivity contribution in [1.29, 1.82) is 0 Å². The van der Waals surface area contributed by atoms with Gasteiger partial charge in [0, 0.05) is 30.5 Å². The van der Waals surface area contributed by atoms with Crippen LogP contribution in [0.4, 0.5) is 5.69 Å². The van der Waals surface area contributed by atoms with Gasteiger partial charge < -0.3 is 16.4 Å². The van der Waals surface area contributed by atoms with E-state index in [2.05, 4.69) is 25.7 Å². The molecule has 3 aromatic heterocycles. The van der Waals surface area contributed by atoms with Crippen LogP contribution in [-0.4, -0.2) is 37.6 Å². The third-order valence-electron chi connectivity index (χ3n) is 3.73. The van der Waals surface area contributed by atoms with Crippen LogP contribution >= 0.6 is 0 Å². The average Bonchev–Trinajstić information content (AvgIpc) is 3.15. The van der Waals surface area contributed by atoms with Crippen LogP contribution in [0.1, 0.15) is 40.4 Å². The lowest BCUT2D eigenvalue weighted by molar-refractivity contribution is 0.0936. The van der Waals surface area contributed by atoms with Crippen LogP contribution in [0, 0.1) is 0 Å². The van der Waals surface area contributed by atoms with E-state index in [0.29, 0.717) is 5.69 Å². The molecule has 144 valence electrons. The fourth-order valence-electron chi connectivity index (χ4n) is 2.46. The van der Waals surface area contributed by atoms with Crippen molar-refractivity contribution in [2.24, 2.45) is 0 Å². The molecule has 0 aromatic carbocycles. The normalized spacial score (nSPS) is 10.7. The van der Waals surface area contributed by atoms with Gasteiger partial charge in [-0.25, -0.2) is 9.67 Å². The van der Waals surface area contributed by atoms with Crippen LogP contribution < -0.4 is 16.4 Å². The molecule has 0 unspecified atom stereocenters. The highest BCUT2D eigenvalue weighted by molar-refractivity contribution is 5.96. The number of hydrogen-bond acceptors (Lipinski definition) is 6. The van der Waals surface area contributed by atoms with Gasteiger partial charge >= 0.3 is 0 Å². The minimum absolute atomic E-state index is 0.0153. The molecule has 0 spiro atoms. The zero-order valence-corrected chi connectivity index (χ0v) is 15.6. The van der Waals surface area contributed by atoms with Crippen LogP contribution in [0.3, 0.4) is 0 Å². The van der Waals surface area contributed by atoms with Gasteiger partial charge in [0.15, 0.2) is 0 Å². The van der Waals surface area contributed by atoms with E-state index < -0.39 is 0 Å². The second kappa shape index (κ2) is 8.30. The summed E-state index contributed by atoms with van der Waals surface area (Å²) in [5.74, 6) is -0.695. The van der Waals surface area contributed by atoms with Crippen molar-refractivity contribution in [3.8, 4) is 5.69 Å². The van der Waals surface area contributed by atoms with Crippen molar-refractivity contribution in [1.82, 2.24) is 30.4 Å². The standard InChI is InChI=1S/C19H21N7O2/c1-12(2)24-19(28)17-5-3-4-16(25-17)18(27)22-7-13-8-23-26(11-13)15-6-14(20)9-21-10-15/h3-6,8-12H,7,20H2,1-2H3,(H,22,27)(H,24,28). The van der Waals surface area contributed by atoms with Gasteiger partial charge in [-0.05, 0) is 32.0 Å². The second-order valence-corrected chi connectivity index (χ2v) is 6.49. The fraction of sp³-hybridized carbons (Fsp3) is 0.211. The van der Waals surface area contributed by atoms with Crippen molar-refractivity contribution < 1.29 is 9.59 Å². The molecule has 28 heavy (non-hydrogen) atoms. The molecule has 4 N–H and O–H groups in total. The highest BCUT2D eigenvalue weighted by Gasteiger charge is 2.13. The number of pyridine rings is 2. The van der Waals surface area contributed by atoms with E-state index in [0.717, 1.165) is 11.3 Å². The molecule has 3 heterocycles. The van der Waals surface area contributed by atoms with Gasteiger partial charge in [0.1, 0.15) is 11.4 Å². The Balaban J connectivity index is 1.64. The summed E-state index contributed by atoms with van der Waals surface area (Å²) in [6, 6.07) is 6.49. The van der Waals surface area contributed by atoms with Gasteiger partial charge in [0.25, 0.3) is 11.8 Å². The first-order chi connectivity index (χ1) is 13.4. The van der Waals surface area contributed by atoms with Crippen LogP contribution in [0.25, 0.3) is 5.69 Å². The van der Waals surface area contributed by atoms with E-state index in [4.69, 9.17) is 5.73 Å². The first-order valence-corrected chi connectivity index (χ1v) is 8.73. The Morgan fingerprint density at radius 2 is 1.89 bits per heavy atom. The van der Waals surface area contributed by atoms with Gasteiger partial charge in [0.2, 0.25) is 0 Å². The molecule has 3 rings (SSSR count). The number of hydrogen-bond donors (Lipinski definition) is 3. The zero-order valence-electron chi connectivity index (χ0n) is 15.6. The number of nitrogens with one attached hydrogen (secondary N) is 2. The largest absolute Gasteiger partial charge is 0.397 e. The van der Waals surface area contributed by atoms with Gasteiger partial charge in [-0.15, -0.1) is 0 Å². The van der Waals surface area contributed by atoms with E-state index in [1.807, 2.05) is 13.8 Å². The molecule has 0 bridgehead atoms. The lowest BCUT2D eigenvalue weighted by Crippen LogP contribution is -2.31. The second-order valence-electron chi connectivity index (χ2n) is 6.49. The van der Waals surface area contributed by atoms with E-state index in [9.17, 15) is 9.59 Å². The molecule has 3 aromatic rings. The van der Waals surface area contributed by atoms with Crippen molar-refractivity contribution >= 4 is 17.5 Å². The van der Waals surface area contributed by atoms with E-state index in [1.54, 1.807) is 53.7 Å². The third-order valence-corrected chi connectivity index (χ3v) is 3.73. The molecule has 9 heteroatoms. The fourth-order valence-corrected chi connectivity index (χ4v) is 2.46. The Hall–Kier alpha value is -3.75. The smallest absolute Gasteiger partial charge is 0.270 e. The van der Waals surface area contributed by atoms with Gasteiger partial charge in [0.05, 0.1) is 23.8 Å². The predicted octanol–water partition coefficient (Wildman–Crippen LogP) is 1.31. The highest BCUT2D eigenvalue weighted by atomic mass is 16.2. The van der Waals surface area contributed by atoms with Gasteiger partial charge in [-0.1, -0.05) is 6.07 Å². The van der Waals surface area contributed by atoms with Gasteiger partial charge in [-0.3, -0.25) is 14.6 Å². The minimum atomic E-state index is -0.377. The Kier molecular flexibility index (Phi) is 5.64. The summed E-state index contributed by atoms with van der Waals surface area (Å²) < 4.78 is 1.62. The summed E-state index contributed by atoms with van der Waals surface area (Å²) in [4.78, 5) is 32.6. The van der Waals surface area contributed by atoms with Crippen LogP contribution in [0.5, 0.6) is 0 Å². The average molecular weight is 379 g/mol. The maximum atomic E-state index is 12.4. The molecule has 9 nitrogen and oxygen atoms in total. The predicted molar refractivity (Wildman–Crippen MR) is 104 cm³/mol. The third kappa shape index (κ3) is 4.70.